The lowest BCUT2D eigenvalue weighted by atomic mass is 10.1. The summed E-state index contributed by atoms with van der Waals surface area (Å²) in [6, 6.07) is 7.45. The summed E-state index contributed by atoms with van der Waals surface area (Å²) in [5, 5.41) is 7.55. The zero-order valence-electron chi connectivity index (χ0n) is 17.6. The molecular weight excluding hydrogens is 352 g/mol. The number of hydrogen-bond acceptors (Lipinski definition) is 5. The highest BCUT2D eigenvalue weighted by atomic mass is 16.2. The highest BCUT2D eigenvalue weighted by Gasteiger charge is 2.24. The van der Waals surface area contributed by atoms with Crippen LogP contribution in [0.25, 0.3) is 0 Å². The van der Waals surface area contributed by atoms with Crippen molar-refractivity contribution >= 4 is 17.3 Å². The molecule has 7 nitrogen and oxygen atoms in total. The van der Waals surface area contributed by atoms with Crippen LogP contribution in [0.2, 0.25) is 0 Å². The summed E-state index contributed by atoms with van der Waals surface area (Å²) in [5.74, 6) is -0.217. The predicted molar refractivity (Wildman–Crippen MR) is 114 cm³/mol. The number of hydrogen-bond donors (Lipinski definition) is 2. The maximum atomic E-state index is 12.8. The van der Waals surface area contributed by atoms with E-state index in [0.29, 0.717) is 17.1 Å². The molecular formula is C21H32N6O. The third kappa shape index (κ3) is 4.72. The van der Waals surface area contributed by atoms with Crippen LogP contribution in [0, 0.1) is 6.92 Å². The first-order valence-corrected chi connectivity index (χ1v) is 9.81. The number of nitrogens with zero attached hydrogens (tertiary/aromatic N) is 4. The topological polar surface area (TPSA) is 79.4 Å². The maximum Gasteiger partial charge on any atom is 0.276 e. The van der Waals surface area contributed by atoms with Crippen molar-refractivity contribution in [2.24, 2.45) is 0 Å². The van der Waals surface area contributed by atoms with E-state index in [1.807, 2.05) is 29.8 Å². The van der Waals surface area contributed by atoms with E-state index in [-0.39, 0.29) is 11.4 Å². The summed E-state index contributed by atoms with van der Waals surface area (Å²) in [6.45, 7) is 13.2. The summed E-state index contributed by atoms with van der Waals surface area (Å²) in [7, 11) is 2.15. The molecule has 1 saturated heterocycles. The average Bonchev–Trinajstić information content (AvgIpc) is 3.04. The van der Waals surface area contributed by atoms with Crippen LogP contribution in [0.5, 0.6) is 0 Å². The lowest BCUT2D eigenvalue weighted by molar-refractivity contribution is 0.102. The number of carbonyl (C=O) groups excluding carboxylic acids is 1. The molecule has 3 N–H and O–H groups in total. The average molecular weight is 385 g/mol. The second kappa shape index (κ2) is 7.93. The molecule has 0 radical (unpaired) electrons. The van der Waals surface area contributed by atoms with Crippen molar-refractivity contribution < 1.29 is 4.79 Å². The van der Waals surface area contributed by atoms with E-state index in [4.69, 9.17) is 5.73 Å². The summed E-state index contributed by atoms with van der Waals surface area (Å²) in [4.78, 5) is 17.5. The number of anilines is 2. The highest BCUT2D eigenvalue weighted by Crippen LogP contribution is 2.21. The number of nitrogens with one attached hydrogen (secondary N) is 1. The SMILES string of the molecule is Cc1ccc(NC(=O)c2cc(CN3CCN(C)CC3)n(C(C)(C)C)n2)cc1N. The maximum absolute atomic E-state index is 12.8. The molecule has 1 fully saturated rings. The van der Waals surface area contributed by atoms with Gasteiger partial charge in [0.05, 0.1) is 11.2 Å². The number of rotatable bonds is 4. The zero-order valence-corrected chi connectivity index (χ0v) is 17.6. The summed E-state index contributed by atoms with van der Waals surface area (Å²) in [6.07, 6.45) is 0. The minimum atomic E-state index is -0.217. The molecule has 152 valence electrons. The Bertz CT molecular complexity index is 843. The van der Waals surface area contributed by atoms with Gasteiger partial charge in [0, 0.05) is 44.1 Å². The Morgan fingerprint density at radius 1 is 1.18 bits per heavy atom. The van der Waals surface area contributed by atoms with Crippen LogP contribution in [-0.2, 0) is 12.1 Å². The van der Waals surface area contributed by atoms with E-state index in [0.717, 1.165) is 44.0 Å². The number of benzene rings is 1. The van der Waals surface area contributed by atoms with Gasteiger partial charge in [-0.2, -0.15) is 5.10 Å². The Balaban J connectivity index is 1.80. The minimum absolute atomic E-state index is 0.200. The summed E-state index contributed by atoms with van der Waals surface area (Å²) < 4.78 is 1.98. The largest absolute Gasteiger partial charge is 0.398 e. The van der Waals surface area contributed by atoms with E-state index >= 15 is 0 Å². The van der Waals surface area contributed by atoms with Crippen molar-refractivity contribution in [3.05, 3.63) is 41.2 Å². The van der Waals surface area contributed by atoms with Crippen LogP contribution in [0.1, 0.15) is 42.5 Å². The Kier molecular flexibility index (Phi) is 5.76. The van der Waals surface area contributed by atoms with Gasteiger partial charge in [-0.1, -0.05) is 6.07 Å². The molecule has 1 aromatic heterocycles. The fraction of sp³-hybridized carbons (Fsp3) is 0.524. The molecule has 0 unspecified atom stereocenters. The number of carbonyl (C=O) groups is 1. The Morgan fingerprint density at radius 3 is 2.46 bits per heavy atom. The number of aromatic nitrogens is 2. The normalized spacial score (nSPS) is 16.3. The molecule has 0 atom stereocenters. The molecule has 7 heteroatoms. The van der Waals surface area contributed by atoms with Gasteiger partial charge in [0.1, 0.15) is 0 Å². The van der Waals surface area contributed by atoms with Gasteiger partial charge in [-0.3, -0.25) is 14.4 Å². The molecule has 0 spiro atoms. The number of nitrogen functional groups attached to an aromatic ring is 1. The van der Waals surface area contributed by atoms with Gasteiger partial charge in [-0.05, 0) is 58.5 Å². The van der Waals surface area contributed by atoms with Crippen molar-refractivity contribution in [1.82, 2.24) is 19.6 Å². The van der Waals surface area contributed by atoms with Gasteiger partial charge >= 0.3 is 0 Å². The molecule has 3 rings (SSSR count). The lowest BCUT2D eigenvalue weighted by Crippen LogP contribution is -2.44. The van der Waals surface area contributed by atoms with Crippen LogP contribution in [0.3, 0.4) is 0 Å². The lowest BCUT2D eigenvalue weighted by Gasteiger charge is -2.33. The standard InChI is InChI=1S/C21H32N6O/c1-15-6-7-16(12-18(15)22)23-20(28)19-13-17(27(24-19)21(2,3)4)14-26-10-8-25(5)9-11-26/h6-7,12-13H,8-11,14,22H2,1-5H3,(H,23,28). The first-order valence-electron chi connectivity index (χ1n) is 9.81. The van der Waals surface area contributed by atoms with Crippen molar-refractivity contribution in [3.63, 3.8) is 0 Å². The van der Waals surface area contributed by atoms with Crippen LogP contribution in [0.15, 0.2) is 24.3 Å². The highest BCUT2D eigenvalue weighted by molar-refractivity contribution is 6.03. The molecule has 0 saturated carbocycles. The second-order valence-electron chi connectivity index (χ2n) is 8.71. The fourth-order valence-corrected chi connectivity index (χ4v) is 3.37. The van der Waals surface area contributed by atoms with E-state index < -0.39 is 0 Å². The number of nitrogens with two attached hydrogens (primary N) is 1. The van der Waals surface area contributed by atoms with Gasteiger partial charge in [0.2, 0.25) is 0 Å². The van der Waals surface area contributed by atoms with E-state index in [2.05, 4.69) is 48.0 Å². The quantitative estimate of drug-likeness (QED) is 0.792. The number of aryl methyl sites for hydroxylation is 1. The van der Waals surface area contributed by atoms with E-state index in [1.54, 1.807) is 6.07 Å². The molecule has 1 amide bonds. The zero-order chi connectivity index (χ0) is 20.5. The van der Waals surface area contributed by atoms with Gasteiger partial charge in [-0.25, -0.2) is 0 Å². The number of likely N-dealkylation sites (N-methyl/N-ethyl adjacent to an activating group) is 1. The van der Waals surface area contributed by atoms with Crippen LogP contribution >= 0.6 is 0 Å². The summed E-state index contributed by atoms with van der Waals surface area (Å²) in [5.41, 5.74) is 9.58. The smallest absolute Gasteiger partial charge is 0.276 e. The summed E-state index contributed by atoms with van der Waals surface area (Å²) >= 11 is 0. The van der Waals surface area contributed by atoms with Crippen LogP contribution in [-0.4, -0.2) is 58.7 Å². The van der Waals surface area contributed by atoms with Crippen molar-refractivity contribution in [2.45, 2.75) is 39.8 Å². The number of piperazine rings is 1. The molecule has 0 aliphatic carbocycles. The van der Waals surface area contributed by atoms with Gasteiger partial charge in [0.25, 0.3) is 5.91 Å². The molecule has 2 heterocycles. The van der Waals surface area contributed by atoms with Gasteiger partial charge < -0.3 is 16.0 Å². The number of amides is 1. The molecule has 1 aliphatic heterocycles. The fourth-order valence-electron chi connectivity index (χ4n) is 3.37. The van der Waals surface area contributed by atoms with Crippen molar-refractivity contribution in [2.75, 3.05) is 44.3 Å². The molecule has 2 aromatic rings. The third-order valence-electron chi connectivity index (χ3n) is 5.17. The third-order valence-corrected chi connectivity index (χ3v) is 5.17. The van der Waals surface area contributed by atoms with Crippen molar-refractivity contribution in [1.29, 1.82) is 0 Å². The second-order valence-corrected chi connectivity index (χ2v) is 8.71. The molecule has 1 aromatic carbocycles. The van der Waals surface area contributed by atoms with Crippen LogP contribution < -0.4 is 11.1 Å². The minimum Gasteiger partial charge on any atom is -0.398 e. The Labute approximate surface area is 167 Å². The van der Waals surface area contributed by atoms with Crippen LogP contribution in [0.4, 0.5) is 11.4 Å². The van der Waals surface area contributed by atoms with Gasteiger partial charge in [0.15, 0.2) is 5.69 Å². The Hall–Kier alpha value is -2.38. The molecule has 1 aliphatic rings. The van der Waals surface area contributed by atoms with E-state index in [1.165, 1.54) is 0 Å². The predicted octanol–water partition coefficient (Wildman–Crippen LogP) is 2.53. The van der Waals surface area contributed by atoms with Gasteiger partial charge in [-0.15, -0.1) is 0 Å². The Morgan fingerprint density at radius 2 is 1.86 bits per heavy atom. The molecule has 0 bridgehead atoms. The first kappa shape index (κ1) is 20.4. The van der Waals surface area contributed by atoms with E-state index in [9.17, 15) is 4.79 Å². The monoisotopic (exact) mass is 384 g/mol. The van der Waals surface area contributed by atoms with Crippen molar-refractivity contribution in [3.8, 4) is 0 Å². The first-order chi connectivity index (χ1) is 13.1. The molecule has 28 heavy (non-hydrogen) atoms.